The van der Waals surface area contributed by atoms with Crippen LogP contribution in [0.15, 0.2) is 127 Å². The molecule has 0 saturated carbocycles. The van der Waals surface area contributed by atoms with Gasteiger partial charge in [-0.25, -0.2) is 14.8 Å². The summed E-state index contributed by atoms with van der Waals surface area (Å²) in [6.45, 7) is 0. The Morgan fingerprint density at radius 3 is 1.63 bits per heavy atom. The molecule has 7 aromatic rings. The van der Waals surface area contributed by atoms with Crippen molar-refractivity contribution in [1.29, 1.82) is 0 Å². The van der Waals surface area contributed by atoms with Gasteiger partial charge in [0.25, 0.3) is 0 Å². The van der Waals surface area contributed by atoms with Crippen LogP contribution in [0.3, 0.4) is 0 Å². The highest BCUT2D eigenvalue weighted by Crippen LogP contribution is 2.42. The number of hydrogen-bond acceptors (Lipinski definition) is 3. The van der Waals surface area contributed by atoms with Crippen LogP contribution in [0, 0.1) is 0 Å². The molecule has 46 heavy (non-hydrogen) atoms. The minimum atomic E-state index is -0.982. The molecule has 6 heteroatoms. The van der Waals surface area contributed by atoms with E-state index in [0.717, 1.165) is 94.2 Å². The van der Waals surface area contributed by atoms with Crippen molar-refractivity contribution in [3.63, 3.8) is 0 Å². The fourth-order valence-electron chi connectivity index (χ4n) is 6.92. The van der Waals surface area contributed by atoms with Gasteiger partial charge in [0.15, 0.2) is 0 Å². The number of carboxylic acid groups (broad SMARTS) is 1. The van der Waals surface area contributed by atoms with E-state index >= 15 is 0 Å². The van der Waals surface area contributed by atoms with Crippen molar-refractivity contribution in [2.24, 2.45) is 0 Å². The van der Waals surface area contributed by atoms with Gasteiger partial charge in [-0.15, -0.1) is 0 Å². The zero-order valence-electron chi connectivity index (χ0n) is 24.6. The average molecular weight is 595 g/mol. The molecule has 9 rings (SSSR count). The molecule has 2 aliphatic rings. The van der Waals surface area contributed by atoms with Gasteiger partial charge in [-0.3, -0.25) is 0 Å². The van der Waals surface area contributed by atoms with Gasteiger partial charge in [-0.2, -0.15) is 0 Å². The molecule has 3 aromatic heterocycles. The van der Waals surface area contributed by atoms with Crippen molar-refractivity contribution in [2.75, 3.05) is 0 Å². The number of aliphatic carboxylic acids is 1. The summed E-state index contributed by atoms with van der Waals surface area (Å²) < 4.78 is 0. The summed E-state index contributed by atoms with van der Waals surface area (Å²) >= 11 is 0. The molecule has 0 spiro atoms. The molecule has 0 unspecified atom stereocenters. The van der Waals surface area contributed by atoms with Gasteiger partial charge < -0.3 is 15.1 Å². The lowest BCUT2D eigenvalue weighted by atomic mass is 9.99. The number of aromatic amines is 2. The summed E-state index contributed by atoms with van der Waals surface area (Å²) in [5, 5.41) is 13.8. The van der Waals surface area contributed by atoms with E-state index in [1.807, 2.05) is 30.3 Å². The fourth-order valence-corrected chi connectivity index (χ4v) is 6.92. The third-order valence-electron chi connectivity index (χ3n) is 8.95. The highest BCUT2D eigenvalue weighted by Gasteiger charge is 2.22. The molecular formula is C40H26N4O2. The molecule has 8 bridgehead atoms. The Labute approximate surface area is 263 Å². The number of benzene rings is 4. The number of hydrogen-bond donors (Lipinski definition) is 3. The van der Waals surface area contributed by atoms with Crippen LogP contribution in [-0.2, 0) is 11.2 Å². The summed E-state index contributed by atoms with van der Waals surface area (Å²) in [7, 11) is 0. The molecule has 3 N–H and O–H groups in total. The number of carboxylic acids is 1. The first-order chi connectivity index (χ1) is 22.6. The molecule has 0 radical (unpaired) electrons. The Morgan fingerprint density at radius 2 is 1.04 bits per heavy atom. The molecule has 4 aromatic carbocycles. The molecule has 0 fully saturated rings. The van der Waals surface area contributed by atoms with Gasteiger partial charge >= 0.3 is 5.97 Å². The van der Waals surface area contributed by atoms with Gasteiger partial charge in [0, 0.05) is 72.0 Å². The Hall–Kier alpha value is -6.27. The monoisotopic (exact) mass is 594 g/mol. The van der Waals surface area contributed by atoms with Crippen LogP contribution in [0.25, 0.3) is 88.6 Å². The lowest BCUT2D eigenvalue weighted by Crippen LogP contribution is -1.91. The highest BCUT2D eigenvalue weighted by molar-refractivity contribution is 6.11. The fraction of sp³-hybridized carbons (Fsp3) is 0.0250. The molecule has 218 valence electrons. The molecule has 2 aliphatic heterocycles. The van der Waals surface area contributed by atoms with Crippen LogP contribution in [0.1, 0.15) is 5.56 Å². The summed E-state index contributed by atoms with van der Waals surface area (Å²) in [4.78, 5) is 29.4. The van der Waals surface area contributed by atoms with Crippen molar-refractivity contribution in [2.45, 2.75) is 6.42 Å². The van der Waals surface area contributed by atoms with Gasteiger partial charge in [0.2, 0.25) is 0 Å². The number of rotatable bonds is 3. The predicted octanol–water partition coefficient (Wildman–Crippen LogP) is 9.47. The molecule has 5 heterocycles. The maximum absolute atomic E-state index is 11.5. The maximum atomic E-state index is 11.5. The molecule has 0 aliphatic carbocycles. The van der Waals surface area contributed by atoms with E-state index < -0.39 is 5.97 Å². The van der Waals surface area contributed by atoms with Crippen molar-refractivity contribution in [3.05, 3.63) is 133 Å². The van der Waals surface area contributed by atoms with Crippen LogP contribution in [0.2, 0.25) is 0 Å². The smallest absolute Gasteiger partial charge is 0.327 e. The van der Waals surface area contributed by atoms with Gasteiger partial charge in [0.1, 0.15) is 0 Å². The van der Waals surface area contributed by atoms with Crippen molar-refractivity contribution >= 4 is 49.6 Å². The number of H-pyrrole nitrogens is 2. The number of nitrogens with one attached hydrogen (secondary N) is 2. The van der Waals surface area contributed by atoms with Crippen LogP contribution < -0.4 is 0 Å². The Kier molecular flexibility index (Phi) is 5.77. The van der Waals surface area contributed by atoms with Crippen molar-refractivity contribution < 1.29 is 9.90 Å². The summed E-state index contributed by atoms with van der Waals surface area (Å²) in [6.07, 6.45) is 3.27. The van der Waals surface area contributed by atoms with Crippen molar-refractivity contribution in [3.8, 4) is 45.0 Å². The van der Waals surface area contributed by atoms with Gasteiger partial charge in [0.05, 0.1) is 28.3 Å². The van der Waals surface area contributed by atoms with Crippen LogP contribution in [-0.4, -0.2) is 31.0 Å². The van der Waals surface area contributed by atoms with Crippen LogP contribution in [0.5, 0.6) is 0 Å². The largest absolute Gasteiger partial charge is 0.478 e. The number of carbonyl (C=O) groups is 1. The van der Waals surface area contributed by atoms with E-state index in [9.17, 15) is 9.90 Å². The molecule has 0 atom stereocenters. The first kappa shape index (κ1) is 26.2. The number of allylic oxidation sites excluding steroid dienone is 1. The summed E-state index contributed by atoms with van der Waals surface area (Å²) in [6, 6.07) is 39.6. The predicted molar refractivity (Wildman–Crippen MR) is 185 cm³/mol. The number of nitrogens with zero attached hydrogens (tertiary/aromatic N) is 2. The Morgan fingerprint density at radius 1 is 0.587 bits per heavy atom. The maximum Gasteiger partial charge on any atom is 0.327 e. The standard InChI is InChI=1S/C40H26N4O2/c45-38(46)19-9-18-31-39-29-16-7-5-14-27(29)36(43-39)21-34-25-12-3-1-10-23(25)32(41-34)20-33-24-11-2-4-13-26(24)35(42-33)22-37-28-15-6-8-17-30(28)40(31)44-37/h1-17,19-22,41,44H,18H2,(H,45,46)/b19-9+,32-20?,33-20?,34-21?,35-22?,36-21?,37-22?,39-31?,40-31?. The minimum Gasteiger partial charge on any atom is -0.478 e. The summed E-state index contributed by atoms with van der Waals surface area (Å²) in [5.74, 6) is -0.982. The zero-order valence-corrected chi connectivity index (χ0v) is 24.6. The average Bonchev–Trinajstić information content (AvgIpc) is 3.82. The highest BCUT2D eigenvalue weighted by atomic mass is 16.4. The molecule has 0 amide bonds. The van der Waals surface area contributed by atoms with Crippen LogP contribution in [0.4, 0.5) is 0 Å². The zero-order chi connectivity index (χ0) is 30.8. The molecule has 6 nitrogen and oxygen atoms in total. The van der Waals surface area contributed by atoms with Crippen LogP contribution >= 0.6 is 0 Å². The third kappa shape index (κ3) is 4.08. The van der Waals surface area contributed by atoms with E-state index in [0.29, 0.717) is 6.42 Å². The van der Waals surface area contributed by atoms with Gasteiger partial charge in [-0.1, -0.05) is 103 Å². The van der Waals surface area contributed by atoms with E-state index in [-0.39, 0.29) is 0 Å². The second-order valence-electron chi connectivity index (χ2n) is 11.6. The third-order valence-corrected chi connectivity index (χ3v) is 8.95. The molecular weight excluding hydrogens is 568 g/mol. The SMILES string of the molecule is O=C(O)/C=C/Cc1c2nc(cc3[nH]c(cc4nc(cc5[nH]c1c1ccccc51)-c1ccccc1-4)c1ccccc31)-c1ccccc1-2. The summed E-state index contributed by atoms with van der Waals surface area (Å²) in [5.41, 5.74) is 12.3. The number of aromatic nitrogens is 4. The van der Waals surface area contributed by atoms with E-state index in [1.165, 1.54) is 6.08 Å². The van der Waals surface area contributed by atoms with Crippen molar-refractivity contribution in [1.82, 2.24) is 19.9 Å². The van der Waals surface area contributed by atoms with Gasteiger partial charge in [-0.05, 0) is 24.6 Å². The normalized spacial score (nSPS) is 12.1. The molecule has 0 saturated heterocycles. The quantitative estimate of drug-likeness (QED) is 0.178. The first-order valence-corrected chi connectivity index (χ1v) is 15.2. The lowest BCUT2D eigenvalue weighted by molar-refractivity contribution is -0.131. The van der Waals surface area contributed by atoms with E-state index in [1.54, 1.807) is 6.08 Å². The van der Waals surface area contributed by atoms with E-state index in [4.69, 9.17) is 9.97 Å². The second-order valence-corrected chi connectivity index (χ2v) is 11.6. The Bertz CT molecular complexity index is 2610. The topological polar surface area (TPSA) is 94.7 Å². The second kappa shape index (κ2) is 10.1. The van der Waals surface area contributed by atoms with E-state index in [2.05, 4.69) is 94.9 Å². The number of fused-ring (bicyclic) bond motifs is 20. The minimum absolute atomic E-state index is 0.378. The first-order valence-electron chi connectivity index (χ1n) is 15.2. The Balaban J connectivity index is 1.51. The lowest BCUT2D eigenvalue weighted by Gasteiger charge is -2.04.